The van der Waals surface area contributed by atoms with Gasteiger partial charge in [0, 0.05) is 17.7 Å². The van der Waals surface area contributed by atoms with Gasteiger partial charge in [-0.2, -0.15) is 0 Å². The van der Waals surface area contributed by atoms with Crippen LogP contribution >= 0.6 is 0 Å². The third-order valence-corrected chi connectivity index (χ3v) is 4.53. The lowest BCUT2D eigenvalue weighted by Gasteiger charge is -2.31. The first kappa shape index (κ1) is 26.4. The SMILES string of the molecule is NC(=O)[C@@H](CC(=O)O)NC(=O)C1=C[C@@H](NC(=O)Nc2ccc(OC(F)(F)F)cc2)[C@@H](O)[C@H](O)C1. The van der Waals surface area contributed by atoms with Crippen LogP contribution in [0.2, 0.25) is 0 Å². The molecule has 0 saturated heterocycles. The van der Waals surface area contributed by atoms with Crippen molar-refractivity contribution in [1.29, 1.82) is 0 Å². The average molecular weight is 490 g/mol. The number of amides is 4. The summed E-state index contributed by atoms with van der Waals surface area (Å²) in [5.41, 5.74) is 4.97. The first-order valence-electron chi connectivity index (χ1n) is 9.57. The molecule has 4 amide bonds. The number of carboxylic acid groups (broad SMARTS) is 1. The second kappa shape index (κ2) is 10.8. The molecule has 0 bridgehead atoms. The van der Waals surface area contributed by atoms with Gasteiger partial charge in [-0.25, -0.2) is 4.79 Å². The van der Waals surface area contributed by atoms with E-state index in [0.717, 1.165) is 30.3 Å². The number of ether oxygens (including phenoxy) is 1. The normalized spacial score (nSPS) is 21.0. The Kier molecular flexibility index (Phi) is 8.42. The fourth-order valence-corrected chi connectivity index (χ4v) is 2.97. The number of anilines is 1. The molecule has 0 aliphatic heterocycles. The third-order valence-electron chi connectivity index (χ3n) is 4.53. The molecule has 2 rings (SSSR count). The molecule has 1 aromatic carbocycles. The minimum Gasteiger partial charge on any atom is -0.481 e. The number of aliphatic carboxylic acids is 1. The molecule has 0 aromatic heterocycles. The Labute approximate surface area is 189 Å². The van der Waals surface area contributed by atoms with E-state index in [1.807, 2.05) is 0 Å². The Bertz CT molecular complexity index is 967. The van der Waals surface area contributed by atoms with Gasteiger partial charge in [-0.15, -0.1) is 13.2 Å². The number of hydrogen-bond acceptors (Lipinski definition) is 7. The van der Waals surface area contributed by atoms with E-state index in [4.69, 9.17) is 10.8 Å². The first-order valence-corrected chi connectivity index (χ1v) is 9.57. The molecule has 1 aliphatic carbocycles. The van der Waals surface area contributed by atoms with Gasteiger partial charge in [-0.1, -0.05) is 6.08 Å². The van der Waals surface area contributed by atoms with Crippen LogP contribution in [0, 0.1) is 0 Å². The number of hydrogen-bond donors (Lipinski definition) is 7. The maximum atomic E-state index is 12.4. The zero-order chi connectivity index (χ0) is 25.6. The van der Waals surface area contributed by atoms with Crippen molar-refractivity contribution in [3.63, 3.8) is 0 Å². The summed E-state index contributed by atoms with van der Waals surface area (Å²) in [7, 11) is 0. The van der Waals surface area contributed by atoms with E-state index >= 15 is 0 Å². The Morgan fingerprint density at radius 1 is 1.15 bits per heavy atom. The van der Waals surface area contributed by atoms with Crippen molar-refractivity contribution in [3.8, 4) is 5.75 Å². The molecule has 0 radical (unpaired) electrons. The second-order valence-electron chi connectivity index (χ2n) is 7.18. The molecular formula is C19H21F3N4O8. The highest BCUT2D eigenvalue weighted by atomic mass is 19.4. The topological polar surface area (TPSA) is 200 Å². The molecule has 1 aromatic rings. The minimum atomic E-state index is -4.88. The van der Waals surface area contributed by atoms with Crippen LogP contribution in [0.3, 0.4) is 0 Å². The quantitative estimate of drug-likeness (QED) is 0.254. The van der Waals surface area contributed by atoms with Gasteiger partial charge in [0.1, 0.15) is 17.9 Å². The summed E-state index contributed by atoms with van der Waals surface area (Å²) >= 11 is 0. The van der Waals surface area contributed by atoms with E-state index in [0.29, 0.717) is 0 Å². The Morgan fingerprint density at radius 3 is 2.29 bits per heavy atom. The molecule has 0 fully saturated rings. The van der Waals surface area contributed by atoms with Gasteiger partial charge in [0.25, 0.3) is 0 Å². The highest BCUT2D eigenvalue weighted by Crippen LogP contribution is 2.24. The van der Waals surface area contributed by atoms with Crippen molar-refractivity contribution in [2.24, 2.45) is 5.73 Å². The number of primary amides is 1. The summed E-state index contributed by atoms with van der Waals surface area (Å²) in [4.78, 5) is 46.8. The molecule has 0 saturated carbocycles. The fraction of sp³-hybridized carbons (Fsp3) is 0.368. The molecule has 8 N–H and O–H groups in total. The van der Waals surface area contributed by atoms with Crippen LogP contribution in [0.1, 0.15) is 12.8 Å². The van der Waals surface area contributed by atoms with Crippen molar-refractivity contribution in [2.45, 2.75) is 43.5 Å². The number of carboxylic acids is 1. The summed E-state index contributed by atoms with van der Waals surface area (Å²) in [6.07, 6.45) is -7.96. The van der Waals surface area contributed by atoms with Gasteiger partial charge in [0.15, 0.2) is 0 Å². The van der Waals surface area contributed by atoms with Crippen LogP contribution in [0.15, 0.2) is 35.9 Å². The zero-order valence-electron chi connectivity index (χ0n) is 17.2. The van der Waals surface area contributed by atoms with Gasteiger partial charge in [0.2, 0.25) is 11.8 Å². The van der Waals surface area contributed by atoms with E-state index in [2.05, 4.69) is 20.7 Å². The summed E-state index contributed by atoms with van der Waals surface area (Å²) in [5, 5.41) is 35.7. The monoisotopic (exact) mass is 490 g/mol. The molecule has 0 heterocycles. The molecule has 34 heavy (non-hydrogen) atoms. The van der Waals surface area contributed by atoms with Crippen molar-refractivity contribution in [3.05, 3.63) is 35.9 Å². The maximum Gasteiger partial charge on any atom is 0.573 e. The largest absolute Gasteiger partial charge is 0.573 e. The standard InChI is InChI=1S/C19H21F3N4O8/c20-19(21,22)34-10-3-1-9(2-4-10)24-18(33)26-11-5-8(6-13(27)15(11)30)17(32)25-12(16(23)31)7-14(28)29/h1-5,11-13,15,27,30H,6-7H2,(H2,23,31)(H,25,32)(H,28,29)(H2,24,26,33)/t11-,12-,13-,15-/m1/s1. The van der Waals surface area contributed by atoms with Crippen LogP contribution in [-0.2, 0) is 14.4 Å². The van der Waals surface area contributed by atoms with Gasteiger partial charge in [-0.05, 0) is 24.3 Å². The van der Waals surface area contributed by atoms with Crippen molar-refractivity contribution < 1.29 is 52.4 Å². The highest BCUT2D eigenvalue weighted by molar-refractivity contribution is 5.98. The van der Waals surface area contributed by atoms with Crippen molar-refractivity contribution in [2.75, 3.05) is 5.32 Å². The van der Waals surface area contributed by atoms with Crippen molar-refractivity contribution in [1.82, 2.24) is 10.6 Å². The molecule has 0 unspecified atom stereocenters. The smallest absolute Gasteiger partial charge is 0.481 e. The summed E-state index contributed by atoms with van der Waals surface area (Å²) < 4.78 is 40.3. The average Bonchev–Trinajstić information content (AvgIpc) is 2.70. The van der Waals surface area contributed by atoms with E-state index in [9.17, 15) is 42.6 Å². The number of nitrogens with one attached hydrogen (secondary N) is 3. The van der Waals surface area contributed by atoms with Crippen molar-refractivity contribution >= 4 is 29.5 Å². The number of carbonyl (C=O) groups excluding carboxylic acids is 3. The number of aliphatic hydroxyl groups is 2. The number of rotatable bonds is 8. The van der Waals surface area contributed by atoms with Crippen LogP contribution in [0.25, 0.3) is 0 Å². The predicted octanol–water partition coefficient (Wildman–Crippen LogP) is -0.428. The number of alkyl halides is 3. The third kappa shape index (κ3) is 7.93. The van der Waals surface area contributed by atoms with Gasteiger partial charge in [-0.3, -0.25) is 14.4 Å². The van der Waals surface area contributed by atoms with Gasteiger partial charge >= 0.3 is 18.4 Å². The fourth-order valence-electron chi connectivity index (χ4n) is 2.97. The molecule has 4 atom stereocenters. The predicted molar refractivity (Wildman–Crippen MR) is 107 cm³/mol. The molecule has 12 nitrogen and oxygen atoms in total. The molecular weight excluding hydrogens is 469 g/mol. The Balaban J connectivity index is 2.06. The number of benzene rings is 1. The summed E-state index contributed by atoms with van der Waals surface area (Å²) in [6.45, 7) is 0. The van der Waals surface area contributed by atoms with Crippen LogP contribution < -0.4 is 26.4 Å². The zero-order valence-corrected chi connectivity index (χ0v) is 17.2. The summed E-state index contributed by atoms with van der Waals surface area (Å²) in [6, 6.07) is 0.396. The lowest BCUT2D eigenvalue weighted by molar-refractivity contribution is -0.274. The number of carbonyl (C=O) groups is 4. The van der Waals surface area contributed by atoms with E-state index < -0.39 is 66.6 Å². The van der Waals surface area contributed by atoms with E-state index in [1.54, 1.807) is 0 Å². The number of urea groups is 1. The number of nitrogens with two attached hydrogens (primary N) is 1. The molecule has 0 spiro atoms. The number of aliphatic hydroxyl groups excluding tert-OH is 2. The lowest BCUT2D eigenvalue weighted by atomic mass is 9.90. The van der Waals surface area contributed by atoms with Crippen LogP contribution in [0.4, 0.5) is 23.7 Å². The molecule has 1 aliphatic rings. The minimum absolute atomic E-state index is 0.0674. The van der Waals surface area contributed by atoms with Gasteiger partial charge < -0.3 is 41.7 Å². The highest BCUT2D eigenvalue weighted by Gasteiger charge is 2.35. The number of halogens is 3. The lowest BCUT2D eigenvalue weighted by Crippen LogP contribution is -2.53. The van der Waals surface area contributed by atoms with E-state index in [-0.39, 0.29) is 17.7 Å². The van der Waals surface area contributed by atoms with Crippen LogP contribution in [0.5, 0.6) is 5.75 Å². The van der Waals surface area contributed by atoms with Gasteiger partial charge in [0.05, 0.1) is 18.6 Å². The van der Waals surface area contributed by atoms with E-state index in [1.165, 1.54) is 0 Å². The Morgan fingerprint density at radius 2 is 1.76 bits per heavy atom. The van der Waals surface area contributed by atoms with Crippen LogP contribution in [-0.4, -0.2) is 69.8 Å². The molecule has 15 heteroatoms. The second-order valence-corrected chi connectivity index (χ2v) is 7.18. The molecule has 186 valence electrons. The maximum absolute atomic E-state index is 12.4. The summed E-state index contributed by atoms with van der Waals surface area (Å²) in [5.74, 6) is -3.96. The Hall–Kier alpha value is -3.85. The first-order chi connectivity index (χ1) is 15.7.